The molecule has 0 fully saturated rings. The predicted octanol–water partition coefficient (Wildman–Crippen LogP) is 3.62. The average molecular weight is 252 g/mol. The summed E-state index contributed by atoms with van der Waals surface area (Å²) in [4.78, 5) is 0. The fourth-order valence-electron chi connectivity index (χ4n) is 2.20. The summed E-state index contributed by atoms with van der Waals surface area (Å²) in [6.07, 6.45) is 0. The van der Waals surface area contributed by atoms with Gasteiger partial charge in [-0.2, -0.15) is 0 Å². The van der Waals surface area contributed by atoms with Crippen LogP contribution in [0.2, 0.25) is 0 Å². The minimum absolute atomic E-state index is 0.0273. The summed E-state index contributed by atoms with van der Waals surface area (Å²) in [6.45, 7) is 0. The molecular weight excluding hydrogens is 240 g/mol. The number of hydrogen-bond acceptors (Lipinski definition) is 3. The van der Waals surface area contributed by atoms with Crippen molar-refractivity contribution >= 4 is 10.8 Å². The van der Waals surface area contributed by atoms with Gasteiger partial charge in [-0.05, 0) is 35.2 Å². The van der Waals surface area contributed by atoms with Crippen LogP contribution in [0.3, 0.4) is 0 Å². The summed E-state index contributed by atoms with van der Waals surface area (Å²) in [5, 5.41) is 30.6. The molecule has 0 atom stereocenters. The van der Waals surface area contributed by atoms with Crippen molar-refractivity contribution in [3.8, 4) is 28.4 Å². The summed E-state index contributed by atoms with van der Waals surface area (Å²) >= 11 is 0. The molecule has 0 radical (unpaired) electrons. The maximum Gasteiger partial charge on any atom is 0.127 e. The van der Waals surface area contributed by atoms with Gasteiger partial charge in [-0.1, -0.05) is 24.3 Å². The maximum absolute atomic E-state index is 9.86. The fraction of sp³-hybridized carbons (Fsp3) is 0. The normalized spacial score (nSPS) is 10.7. The van der Waals surface area contributed by atoms with E-state index in [9.17, 15) is 15.3 Å². The molecular formula is C16H12O3. The molecule has 0 spiro atoms. The molecule has 3 aromatic rings. The standard InChI is InChI=1S/C16H12O3/c17-12-5-7-14(16(19)9-12)11-4-6-13-10(8-11)2-1-3-15(13)18/h1-9,17-19H. The minimum Gasteiger partial charge on any atom is -0.508 e. The van der Waals surface area contributed by atoms with Crippen LogP contribution in [-0.2, 0) is 0 Å². The summed E-state index contributed by atoms with van der Waals surface area (Å²) in [5.74, 6) is 0.290. The Morgan fingerprint density at radius 2 is 1.53 bits per heavy atom. The van der Waals surface area contributed by atoms with Crippen molar-refractivity contribution in [1.82, 2.24) is 0 Å². The number of rotatable bonds is 1. The largest absolute Gasteiger partial charge is 0.508 e. The van der Waals surface area contributed by atoms with Crippen molar-refractivity contribution < 1.29 is 15.3 Å². The molecule has 0 aliphatic carbocycles. The molecule has 0 saturated carbocycles. The molecule has 19 heavy (non-hydrogen) atoms. The van der Waals surface area contributed by atoms with E-state index >= 15 is 0 Å². The predicted molar refractivity (Wildman–Crippen MR) is 74.4 cm³/mol. The molecule has 0 bridgehead atoms. The third kappa shape index (κ3) is 1.95. The van der Waals surface area contributed by atoms with E-state index in [0.717, 1.165) is 16.3 Å². The van der Waals surface area contributed by atoms with Gasteiger partial charge in [0.25, 0.3) is 0 Å². The lowest BCUT2D eigenvalue weighted by molar-refractivity contribution is 0.452. The molecule has 3 aromatic carbocycles. The number of phenolic OH excluding ortho intramolecular Hbond substituents is 3. The van der Waals surface area contributed by atoms with Gasteiger partial charge in [0, 0.05) is 17.0 Å². The fourth-order valence-corrected chi connectivity index (χ4v) is 2.20. The highest BCUT2D eigenvalue weighted by atomic mass is 16.3. The maximum atomic E-state index is 9.86. The SMILES string of the molecule is Oc1ccc(-c2ccc3c(O)cccc3c2)c(O)c1. The van der Waals surface area contributed by atoms with Crippen molar-refractivity contribution in [1.29, 1.82) is 0 Å². The van der Waals surface area contributed by atoms with Gasteiger partial charge in [0.15, 0.2) is 0 Å². The highest BCUT2D eigenvalue weighted by Crippen LogP contribution is 2.35. The number of aromatic hydroxyl groups is 3. The first kappa shape index (κ1) is 11.4. The van der Waals surface area contributed by atoms with Crippen molar-refractivity contribution in [3.05, 3.63) is 54.6 Å². The Labute approximate surface area is 110 Å². The van der Waals surface area contributed by atoms with E-state index < -0.39 is 0 Å². The summed E-state index contributed by atoms with van der Waals surface area (Å²) in [6, 6.07) is 15.3. The van der Waals surface area contributed by atoms with E-state index in [-0.39, 0.29) is 17.2 Å². The van der Waals surface area contributed by atoms with E-state index in [4.69, 9.17) is 0 Å². The molecule has 3 heteroatoms. The number of hydrogen-bond donors (Lipinski definition) is 3. The Morgan fingerprint density at radius 3 is 2.32 bits per heavy atom. The first-order chi connectivity index (χ1) is 9.15. The van der Waals surface area contributed by atoms with E-state index in [1.165, 1.54) is 12.1 Å². The van der Waals surface area contributed by atoms with Crippen LogP contribution in [0.25, 0.3) is 21.9 Å². The molecule has 0 aliphatic rings. The monoisotopic (exact) mass is 252 g/mol. The minimum atomic E-state index is 0.0273. The Balaban J connectivity index is 2.21. The lowest BCUT2D eigenvalue weighted by Gasteiger charge is -2.07. The van der Waals surface area contributed by atoms with Crippen LogP contribution in [0.4, 0.5) is 0 Å². The van der Waals surface area contributed by atoms with Gasteiger partial charge in [-0.15, -0.1) is 0 Å². The summed E-state index contributed by atoms with van der Waals surface area (Å²) < 4.78 is 0. The van der Waals surface area contributed by atoms with Gasteiger partial charge in [0.05, 0.1) is 0 Å². The van der Waals surface area contributed by atoms with Gasteiger partial charge < -0.3 is 15.3 Å². The zero-order chi connectivity index (χ0) is 13.4. The highest BCUT2D eigenvalue weighted by Gasteiger charge is 2.07. The van der Waals surface area contributed by atoms with E-state index in [1.807, 2.05) is 24.3 Å². The van der Waals surface area contributed by atoms with Gasteiger partial charge in [0.2, 0.25) is 0 Å². The van der Waals surface area contributed by atoms with Crippen molar-refractivity contribution in [2.24, 2.45) is 0 Å². The van der Waals surface area contributed by atoms with Crippen LogP contribution in [-0.4, -0.2) is 15.3 Å². The second-order valence-corrected chi connectivity index (χ2v) is 4.41. The van der Waals surface area contributed by atoms with E-state index in [2.05, 4.69) is 0 Å². The molecule has 0 heterocycles. The molecule has 94 valence electrons. The van der Waals surface area contributed by atoms with Crippen LogP contribution in [0.1, 0.15) is 0 Å². The average Bonchev–Trinajstić information content (AvgIpc) is 2.38. The second kappa shape index (κ2) is 4.21. The van der Waals surface area contributed by atoms with Crippen LogP contribution < -0.4 is 0 Å². The second-order valence-electron chi connectivity index (χ2n) is 4.41. The van der Waals surface area contributed by atoms with Crippen molar-refractivity contribution in [3.63, 3.8) is 0 Å². The quantitative estimate of drug-likeness (QED) is 0.619. The van der Waals surface area contributed by atoms with Gasteiger partial charge >= 0.3 is 0 Å². The molecule has 3 rings (SSSR count). The third-order valence-electron chi connectivity index (χ3n) is 3.15. The van der Waals surface area contributed by atoms with Crippen molar-refractivity contribution in [2.45, 2.75) is 0 Å². The lowest BCUT2D eigenvalue weighted by atomic mass is 10.00. The first-order valence-corrected chi connectivity index (χ1v) is 5.89. The molecule has 0 aromatic heterocycles. The molecule has 3 N–H and O–H groups in total. The smallest absolute Gasteiger partial charge is 0.127 e. The Kier molecular flexibility index (Phi) is 2.53. The topological polar surface area (TPSA) is 60.7 Å². The molecule has 0 unspecified atom stereocenters. The zero-order valence-corrected chi connectivity index (χ0v) is 10.0. The Morgan fingerprint density at radius 1 is 0.684 bits per heavy atom. The van der Waals surface area contributed by atoms with Crippen molar-refractivity contribution in [2.75, 3.05) is 0 Å². The molecule has 0 saturated heterocycles. The van der Waals surface area contributed by atoms with Gasteiger partial charge in [-0.3, -0.25) is 0 Å². The van der Waals surface area contributed by atoms with Gasteiger partial charge in [0.1, 0.15) is 17.2 Å². The van der Waals surface area contributed by atoms with Crippen LogP contribution in [0, 0.1) is 0 Å². The first-order valence-electron chi connectivity index (χ1n) is 5.89. The van der Waals surface area contributed by atoms with Gasteiger partial charge in [-0.25, -0.2) is 0 Å². The van der Waals surface area contributed by atoms with Crippen LogP contribution in [0.15, 0.2) is 54.6 Å². The third-order valence-corrected chi connectivity index (χ3v) is 3.15. The highest BCUT2D eigenvalue weighted by molar-refractivity contribution is 5.92. The van der Waals surface area contributed by atoms with E-state index in [1.54, 1.807) is 18.2 Å². The number of benzene rings is 3. The Bertz CT molecular complexity index is 763. The molecule has 3 nitrogen and oxygen atoms in total. The molecule has 0 amide bonds. The summed E-state index contributed by atoms with van der Waals surface area (Å²) in [5.41, 5.74) is 1.47. The van der Waals surface area contributed by atoms with E-state index in [0.29, 0.717) is 5.56 Å². The molecule has 0 aliphatic heterocycles. The number of phenols is 3. The number of fused-ring (bicyclic) bond motifs is 1. The Hall–Kier alpha value is -2.68. The van der Waals surface area contributed by atoms with Crippen LogP contribution >= 0.6 is 0 Å². The van der Waals surface area contributed by atoms with Crippen LogP contribution in [0.5, 0.6) is 17.2 Å². The summed E-state index contributed by atoms with van der Waals surface area (Å²) in [7, 11) is 0. The lowest BCUT2D eigenvalue weighted by Crippen LogP contribution is -1.81. The zero-order valence-electron chi connectivity index (χ0n) is 10.0.